The highest BCUT2D eigenvalue weighted by atomic mass is 35.5. The van der Waals surface area contributed by atoms with Crippen LogP contribution >= 0.6 is 59.2 Å². The maximum Gasteiger partial charge on any atom is 0.284 e. The van der Waals surface area contributed by atoms with Crippen molar-refractivity contribution in [1.82, 2.24) is 9.06 Å². The van der Waals surface area contributed by atoms with E-state index in [9.17, 15) is 4.79 Å². The molecule has 8 heteroatoms. The van der Waals surface area contributed by atoms with E-state index in [-0.39, 0.29) is 12.4 Å². The van der Waals surface area contributed by atoms with Crippen LogP contribution in [0.1, 0.15) is 30.6 Å². The molecule has 0 N–H and O–H groups in total. The van der Waals surface area contributed by atoms with Crippen molar-refractivity contribution in [3.63, 3.8) is 0 Å². The summed E-state index contributed by atoms with van der Waals surface area (Å²) in [5.74, 6) is -0.0215. The van der Waals surface area contributed by atoms with Gasteiger partial charge in [-0.15, -0.1) is 28.5 Å². The van der Waals surface area contributed by atoms with Crippen molar-refractivity contribution in [3.8, 4) is 0 Å². The molecule has 0 fully saturated rings. The second-order valence-corrected chi connectivity index (χ2v) is 6.04. The van der Waals surface area contributed by atoms with Crippen molar-refractivity contribution in [2.75, 3.05) is 5.88 Å². The highest BCUT2D eigenvalue weighted by molar-refractivity contribution is 6.31. The van der Waals surface area contributed by atoms with Crippen LogP contribution in [0, 0.1) is 0 Å². The molecule has 0 saturated carbocycles. The Morgan fingerprint density at radius 1 is 1.20 bits per heavy atom. The van der Waals surface area contributed by atoms with E-state index in [2.05, 4.69) is 0 Å². The van der Waals surface area contributed by atoms with Crippen LogP contribution < -0.4 is 0 Å². The van der Waals surface area contributed by atoms with Gasteiger partial charge < -0.3 is 0 Å². The van der Waals surface area contributed by atoms with Gasteiger partial charge in [0.1, 0.15) is 0 Å². The Hall–Kier alpha value is 0.1000. The largest absolute Gasteiger partial charge is 0.284 e. The van der Waals surface area contributed by atoms with Crippen LogP contribution in [0.5, 0.6) is 0 Å². The monoisotopic (exact) mass is 378 g/mol. The summed E-state index contributed by atoms with van der Waals surface area (Å²) in [6.07, 6.45) is 0.579. The summed E-state index contributed by atoms with van der Waals surface area (Å²) >= 11 is 23.5. The number of halogens is 5. The second kappa shape index (κ2) is 8.52. The zero-order valence-corrected chi connectivity index (χ0v) is 14.8. The molecular formula is C12H15Cl5N2O. The maximum absolute atomic E-state index is 12.1. The van der Waals surface area contributed by atoms with Gasteiger partial charge in [0.05, 0.1) is 5.54 Å². The first-order valence-electron chi connectivity index (χ1n) is 5.57. The summed E-state index contributed by atoms with van der Waals surface area (Å²) in [4.78, 5) is 12.1. The SMILES string of the molecule is CC(C)(CCCl)N(Cl)N(Cl)C(=O)c1ccc(Cl)cc1.Cl. The molecule has 0 radical (unpaired) electrons. The Kier molecular flexibility index (Phi) is 8.56. The fourth-order valence-corrected chi connectivity index (χ4v) is 2.38. The average molecular weight is 381 g/mol. The number of rotatable bonds is 5. The van der Waals surface area contributed by atoms with Crippen molar-refractivity contribution < 1.29 is 4.79 Å². The fourth-order valence-electron chi connectivity index (χ4n) is 1.34. The third-order valence-electron chi connectivity index (χ3n) is 2.62. The highest BCUT2D eigenvalue weighted by Crippen LogP contribution is 2.27. The highest BCUT2D eigenvalue weighted by Gasteiger charge is 2.32. The maximum atomic E-state index is 12.1. The molecule has 114 valence electrons. The van der Waals surface area contributed by atoms with Crippen LogP contribution in [-0.4, -0.2) is 26.4 Å². The number of hydrogen-bond donors (Lipinski definition) is 0. The molecule has 0 unspecified atom stereocenters. The molecule has 0 spiro atoms. The molecule has 0 heterocycles. The molecule has 1 amide bonds. The molecule has 0 atom stereocenters. The van der Waals surface area contributed by atoms with E-state index in [4.69, 9.17) is 46.8 Å². The van der Waals surface area contributed by atoms with Crippen LogP contribution in [0.2, 0.25) is 5.02 Å². The van der Waals surface area contributed by atoms with Gasteiger partial charge in [-0.1, -0.05) is 11.6 Å². The topological polar surface area (TPSA) is 23.6 Å². The molecule has 3 nitrogen and oxygen atoms in total. The van der Waals surface area contributed by atoms with Gasteiger partial charge in [0.2, 0.25) is 0 Å². The van der Waals surface area contributed by atoms with Crippen LogP contribution in [0.25, 0.3) is 0 Å². The van der Waals surface area contributed by atoms with Gasteiger partial charge in [-0.3, -0.25) is 4.79 Å². The van der Waals surface area contributed by atoms with E-state index in [1.54, 1.807) is 24.3 Å². The Morgan fingerprint density at radius 3 is 2.15 bits per heavy atom. The second-order valence-electron chi connectivity index (χ2n) is 4.58. The summed E-state index contributed by atoms with van der Waals surface area (Å²) in [6, 6.07) is 6.39. The van der Waals surface area contributed by atoms with Crippen LogP contribution in [-0.2, 0) is 0 Å². The van der Waals surface area contributed by atoms with Gasteiger partial charge in [-0.05, 0) is 44.5 Å². The van der Waals surface area contributed by atoms with Gasteiger partial charge in [0.25, 0.3) is 5.91 Å². The molecule has 0 bridgehead atoms. The molecule has 0 saturated heterocycles. The summed E-state index contributed by atoms with van der Waals surface area (Å²) in [6.45, 7) is 3.68. The minimum atomic E-state index is -0.548. The lowest BCUT2D eigenvalue weighted by Crippen LogP contribution is -2.47. The lowest BCUT2D eigenvalue weighted by molar-refractivity contribution is 0.0402. The van der Waals surface area contributed by atoms with Crippen molar-refractivity contribution in [1.29, 1.82) is 0 Å². The molecule has 1 aromatic rings. The van der Waals surface area contributed by atoms with E-state index in [1.165, 1.54) is 0 Å². The lowest BCUT2D eigenvalue weighted by Gasteiger charge is -2.35. The fraction of sp³-hybridized carbons (Fsp3) is 0.417. The minimum Gasteiger partial charge on any atom is -0.266 e. The zero-order chi connectivity index (χ0) is 14.6. The molecule has 1 aromatic carbocycles. The standard InChI is InChI=1S/C12H14Cl4N2O.ClH/c1-12(2,7-8-13)18(16)17(15)11(19)9-3-5-10(14)6-4-9;/h3-6H,7-8H2,1-2H3;1H. The number of hydrazine groups is 1. The summed E-state index contributed by atoms with van der Waals surface area (Å²) < 4.78 is 1.99. The molecule has 0 aliphatic rings. The number of carbonyl (C=O) groups excluding carboxylic acids is 1. The number of nitrogens with zero attached hydrogens (tertiary/aromatic N) is 2. The van der Waals surface area contributed by atoms with Gasteiger partial charge in [0.15, 0.2) is 0 Å². The van der Waals surface area contributed by atoms with Crippen molar-refractivity contribution in [2.45, 2.75) is 25.8 Å². The predicted octanol–water partition coefficient (Wildman–Crippen LogP) is 5.14. The van der Waals surface area contributed by atoms with Gasteiger partial charge >= 0.3 is 0 Å². The van der Waals surface area contributed by atoms with Crippen LogP contribution in [0.15, 0.2) is 24.3 Å². The van der Waals surface area contributed by atoms with E-state index < -0.39 is 11.4 Å². The molecule has 1 rings (SSSR count). The first-order valence-corrected chi connectivity index (χ1v) is 7.16. The summed E-state index contributed by atoms with van der Waals surface area (Å²) in [5, 5.41) is 0.544. The number of hydrogen-bond acceptors (Lipinski definition) is 2. The van der Waals surface area contributed by atoms with E-state index in [0.717, 1.165) is 9.06 Å². The number of alkyl halides is 1. The van der Waals surface area contributed by atoms with Gasteiger partial charge in [0, 0.05) is 40.0 Å². The smallest absolute Gasteiger partial charge is 0.266 e. The number of amides is 1. The van der Waals surface area contributed by atoms with Gasteiger partial charge in [-0.25, -0.2) is 0 Å². The van der Waals surface area contributed by atoms with Crippen molar-refractivity contribution in [2.24, 2.45) is 0 Å². The third kappa shape index (κ3) is 5.14. The van der Waals surface area contributed by atoms with E-state index in [1.807, 2.05) is 13.8 Å². The molecule has 0 aliphatic carbocycles. The minimum absolute atomic E-state index is 0. The lowest BCUT2D eigenvalue weighted by atomic mass is 10.0. The number of benzene rings is 1. The quantitative estimate of drug-likeness (QED) is 0.401. The van der Waals surface area contributed by atoms with E-state index in [0.29, 0.717) is 22.9 Å². The Morgan fingerprint density at radius 2 is 1.70 bits per heavy atom. The molecule has 0 aromatic heterocycles. The summed E-state index contributed by atoms with van der Waals surface area (Å²) in [5.41, 5.74) is -0.153. The zero-order valence-electron chi connectivity index (χ0n) is 10.9. The average Bonchev–Trinajstić information content (AvgIpc) is 2.37. The third-order valence-corrected chi connectivity index (χ3v) is 4.05. The normalized spacial score (nSPS) is 11.2. The molecular weight excluding hydrogens is 365 g/mol. The Balaban J connectivity index is 0.00000361. The Labute approximate surface area is 145 Å². The number of carbonyl (C=O) groups is 1. The summed E-state index contributed by atoms with van der Waals surface area (Å²) in [7, 11) is 0. The Bertz CT molecular complexity index is 438. The first-order chi connectivity index (χ1) is 8.79. The van der Waals surface area contributed by atoms with Crippen molar-refractivity contribution >= 4 is 65.1 Å². The van der Waals surface area contributed by atoms with Gasteiger partial charge in [-0.2, -0.15) is 4.53 Å². The first kappa shape index (κ1) is 20.1. The van der Waals surface area contributed by atoms with E-state index >= 15 is 0 Å². The van der Waals surface area contributed by atoms with Crippen molar-refractivity contribution in [3.05, 3.63) is 34.9 Å². The molecule has 20 heavy (non-hydrogen) atoms. The predicted molar refractivity (Wildman–Crippen MR) is 87.8 cm³/mol. The molecule has 0 aliphatic heterocycles. The van der Waals surface area contributed by atoms with Crippen LogP contribution in [0.3, 0.4) is 0 Å². The van der Waals surface area contributed by atoms with Crippen LogP contribution in [0.4, 0.5) is 0 Å².